The molecule has 21 heavy (non-hydrogen) atoms. The fourth-order valence-electron chi connectivity index (χ4n) is 2.69. The standard InChI is InChI=1S/C14H15BrF3NO2/c15-9-3-4-11(10(7-9)14(16,17)18)19-8-13(12(20)21)5-1-2-6-13/h3-4,7,19H,1-2,5-6,8H2,(H,20,21). The van der Waals surface area contributed by atoms with Crippen LogP contribution in [0.4, 0.5) is 18.9 Å². The van der Waals surface area contributed by atoms with Crippen molar-refractivity contribution in [2.24, 2.45) is 5.41 Å². The normalized spacial score (nSPS) is 17.7. The Morgan fingerprint density at radius 3 is 2.48 bits per heavy atom. The van der Waals surface area contributed by atoms with Crippen LogP contribution in [0.15, 0.2) is 22.7 Å². The molecular formula is C14H15BrF3NO2. The second kappa shape index (κ2) is 5.87. The molecule has 0 saturated heterocycles. The summed E-state index contributed by atoms with van der Waals surface area (Å²) in [6.07, 6.45) is -1.92. The van der Waals surface area contributed by atoms with Gasteiger partial charge in [0.05, 0.1) is 11.0 Å². The number of benzene rings is 1. The molecule has 1 saturated carbocycles. The van der Waals surface area contributed by atoms with E-state index in [4.69, 9.17) is 0 Å². The molecule has 0 spiro atoms. The molecule has 2 rings (SSSR count). The van der Waals surface area contributed by atoms with Crippen molar-refractivity contribution in [2.75, 3.05) is 11.9 Å². The highest BCUT2D eigenvalue weighted by Crippen LogP contribution is 2.40. The van der Waals surface area contributed by atoms with Crippen LogP contribution in [-0.4, -0.2) is 17.6 Å². The second-order valence-corrected chi connectivity index (χ2v) is 6.25. The van der Waals surface area contributed by atoms with E-state index >= 15 is 0 Å². The topological polar surface area (TPSA) is 49.3 Å². The van der Waals surface area contributed by atoms with E-state index in [1.807, 2.05) is 0 Å². The summed E-state index contributed by atoms with van der Waals surface area (Å²) in [5.41, 5.74) is -1.84. The van der Waals surface area contributed by atoms with Crippen molar-refractivity contribution in [2.45, 2.75) is 31.9 Å². The molecule has 7 heteroatoms. The Morgan fingerprint density at radius 2 is 1.95 bits per heavy atom. The van der Waals surface area contributed by atoms with E-state index in [2.05, 4.69) is 21.2 Å². The van der Waals surface area contributed by atoms with Gasteiger partial charge in [0, 0.05) is 16.7 Å². The Kier molecular flexibility index (Phi) is 4.51. The molecule has 0 amide bonds. The molecule has 0 aromatic heterocycles. The largest absolute Gasteiger partial charge is 0.481 e. The minimum Gasteiger partial charge on any atom is -0.481 e. The second-order valence-electron chi connectivity index (χ2n) is 5.33. The number of nitrogens with one attached hydrogen (secondary N) is 1. The first-order valence-electron chi connectivity index (χ1n) is 6.59. The van der Waals surface area contributed by atoms with E-state index in [9.17, 15) is 23.1 Å². The molecule has 116 valence electrons. The van der Waals surface area contributed by atoms with E-state index in [1.54, 1.807) is 0 Å². The lowest BCUT2D eigenvalue weighted by Crippen LogP contribution is -2.35. The summed E-state index contributed by atoms with van der Waals surface area (Å²) in [4.78, 5) is 11.4. The number of hydrogen-bond acceptors (Lipinski definition) is 2. The maximum atomic E-state index is 13.0. The van der Waals surface area contributed by atoms with E-state index in [1.165, 1.54) is 12.1 Å². The third-order valence-electron chi connectivity index (χ3n) is 3.92. The van der Waals surface area contributed by atoms with Crippen LogP contribution in [0.25, 0.3) is 0 Å². The Bertz CT molecular complexity index is 540. The number of halogens is 4. The quantitative estimate of drug-likeness (QED) is 0.824. The van der Waals surface area contributed by atoms with Crippen LogP contribution >= 0.6 is 15.9 Å². The van der Waals surface area contributed by atoms with Crippen molar-refractivity contribution in [3.63, 3.8) is 0 Å². The summed E-state index contributed by atoms with van der Waals surface area (Å²) >= 11 is 3.02. The molecule has 1 aliphatic carbocycles. The van der Waals surface area contributed by atoms with E-state index in [-0.39, 0.29) is 12.2 Å². The molecule has 2 N–H and O–H groups in total. The zero-order valence-corrected chi connectivity index (χ0v) is 12.7. The maximum Gasteiger partial charge on any atom is 0.418 e. The van der Waals surface area contributed by atoms with Crippen LogP contribution in [0.5, 0.6) is 0 Å². The van der Waals surface area contributed by atoms with Gasteiger partial charge >= 0.3 is 12.1 Å². The molecule has 0 bridgehead atoms. The first kappa shape index (κ1) is 16.1. The Labute approximate surface area is 128 Å². The highest BCUT2D eigenvalue weighted by Gasteiger charge is 2.42. The lowest BCUT2D eigenvalue weighted by Gasteiger charge is -2.25. The van der Waals surface area contributed by atoms with Gasteiger partial charge in [0.1, 0.15) is 0 Å². The smallest absolute Gasteiger partial charge is 0.418 e. The summed E-state index contributed by atoms with van der Waals surface area (Å²) in [5, 5.41) is 12.0. The number of carboxylic acid groups (broad SMARTS) is 1. The zero-order chi connectivity index (χ0) is 15.7. The number of rotatable bonds is 4. The van der Waals surface area contributed by atoms with Gasteiger partial charge in [-0.25, -0.2) is 0 Å². The van der Waals surface area contributed by atoms with Crippen molar-refractivity contribution < 1.29 is 23.1 Å². The summed E-state index contributed by atoms with van der Waals surface area (Å²) in [6.45, 7) is 0.00699. The van der Waals surface area contributed by atoms with Gasteiger partial charge in [-0.2, -0.15) is 13.2 Å². The molecule has 0 aliphatic heterocycles. The fraction of sp³-hybridized carbons (Fsp3) is 0.500. The number of alkyl halides is 3. The average molecular weight is 366 g/mol. The monoisotopic (exact) mass is 365 g/mol. The Morgan fingerprint density at radius 1 is 1.33 bits per heavy atom. The van der Waals surface area contributed by atoms with Gasteiger partial charge < -0.3 is 10.4 Å². The van der Waals surface area contributed by atoms with Crippen LogP contribution in [0.1, 0.15) is 31.2 Å². The van der Waals surface area contributed by atoms with Crippen molar-refractivity contribution in [1.82, 2.24) is 0 Å². The fourth-order valence-corrected chi connectivity index (χ4v) is 3.05. The van der Waals surface area contributed by atoms with Crippen molar-refractivity contribution in [1.29, 1.82) is 0 Å². The summed E-state index contributed by atoms with van der Waals surface area (Å²) in [5.74, 6) is -0.946. The van der Waals surface area contributed by atoms with Gasteiger partial charge in [0.25, 0.3) is 0 Å². The third-order valence-corrected chi connectivity index (χ3v) is 4.41. The highest BCUT2D eigenvalue weighted by atomic mass is 79.9. The average Bonchev–Trinajstić information content (AvgIpc) is 2.86. The SMILES string of the molecule is O=C(O)C1(CNc2ccc(Br)cc2C(F)(F)F)CCCC1. The van der Waals surface area contributed by atoms with Gasteiger partial charge in [0.2, 0.25) is 0 Å². The molecule has 1 aromatic carbocycles. The molecule has 1 fully saturated rings. The van der Waals surface area contributed by atoms with Crippen LogP contribution in [0.2, 0.25) is 0 Å². The van der Waals surface area contributed by atoms with Crippen LogP contribution in [0.3, 0.4) is 0 Å². The van der Waals surface area contributed by atoms with Gasteiger partial charge in [-0.3, -0.25) is 4.79 Å². The van der Waals surface area contributed by atoms with Crippen molar-refractivity contribution in [3.05, 3.63) is 28.2 Å². The first-order chi connectivity index (χ1) is 9.74. The predicted octanol–water partition coefficient (Wildman–Crippen LogP) is 4.52. The van der Waals surface area contributed by atoms with E-state index < -0.39 is 23.1 Å². The van der Waals surface area contributed by atoms with Gasteiger partial charge in [0.15, 0.2) is 0 Å². The minimum absolute atomic E-state index is 0.00699. The Hall–Kier alpha value is -1.24. The lowest BCUT2D eigenvalue weighted by atomic mass is 9.86. The zero-order valence-electron chi connectivity index (χ0n) is 11.1. The van der Waals surface area contributed by atoms with Crippen LogP contribution in [-0.2, 0) is 11.0 Å². The molecule has 0 heterocycles. The molecule has 1 aromatic rings. The van der Waals surface area contributed by atoms with Crippen LogP contribution < -0.4 is 5.32 Å². The predicted molar refractivity (Wildman–Crippen MR) is 76.2 cm³/mol. The Balaban J connectivity index is 2.22. The number of carbonyl (C=O) groups is 1. The van der Waals surface area contributed by atoms with Gasteiger partial charge in [-0.05, 0) is 31.0 Å². The van der Waals surface area contributed by atoms with E-state index in [0.29, 0.717) is 17.3 Å². The number of anilines is 1. The lowest BCUT2D eigenvalue weighted by molar-refractivity contribution is -0.147. The molecule has 1 aliphatic rings. The summed E-state index contributed by atoms with van der Waals surface area (Å²) < 4.78 is 39.3. The van der Waals surface area contributed by atoms with Gasteiger partial charge in [-0.1, -0.05) is 28.8 Å². The summed E-state index contributed by atoms with van der Waals surface area (Å²) in [6, 6.07) is 3.81. The van der Waals surface area contributed by atoms with Crippen molar-refractivity contribution >= 4 is 27.6 Å². The molecule has 0 atom stereocenters. The van der Waals surface area contributed by atoms with Crippen molar-refractivity contribution in [3.8, 4) is 0 Å². The van der Waals surface area contributed by atoms with Crippen LogP contribution in [0, 0.1) is 5.41 Å². The third kappa shape index (κ3) is 3.51. The molecular weight excluding hydrogens is 351 g/mol. The number of aliphatic carboxylic acids is 1. The molecule has 0 radical (unpaired) electrons. The first-order valence-corrected chi connectivity index (χ1v) is 7.38. The molecule has 3 nitrogen and oxygen atoms in total. The van der Waals surface area contributed by atoms with E-state index in [0.717, 1.165) is 18.9 Å². The molecule has 0 unspecified atom stereocenters. The minimum atomic E-state index is -4.49. The maximum absolute atomic E-state index is 13.0. The van der Waals surface area contributed by atoms with Gasteiger partial charge in [-0.15, -0.1) is 0 Å². The summed E-state index contributed by atoms with van der Waals surface area (Å²) in [7, 11) is 0. The number of hydrogen-bond donors (Lipinski definition) is 2. The number of carboxylic acids is 1. The highest BCUT2D eigenvalue weighted by molar-refractivity contribution is 9.10.